The number of rotatable bonds is 7. The predicted molar refractivity (Wildman–Crippen MR) is 103 cm³/mol. The second-order valence-electron chi connectivity index (χ2n) is 6.21. The molecule has 0 bridgehead atoms. The molecule has 0 aliphatic heterocycles. The molecule has 5 nitrogen and oxygen atoms in total. The summed E-state index contributed by atoms with van der Waals surface area (Å²) in [6.07, 6.45) is 5.29. The van der Waals surface area contributed by atoms with Crippen molar-refractivity contribution in [1.29, 1.82) is 0 Å². The van der Waals surface area contributed by atoms with E-state index in [-0.39, 0.29) is 12.5 Å². The van der Waals surface area contributed by atoms with Crippen LogP contribution in [0.1, 0.15) is 31.1 Å². The number of carbonyl (C=O) groups excluding carboxylic acids is 1. The first kappa shape index (κ1) is 20.5. The van der Waals surface area contributed by atoms with Crippen molar-refractivity contribution in [3.8, 4) is 0 Å². The largest absolute Gasteiger partial charge is 0.340 e. The summed E-state index contributed by atoms with van der Waals surface area (Å²) in [5.74, 6) is -1.92. The Hall–Kier alpha value is -2.80. The Morgan fingerprint density at radius 2 is 2.00 bits per heavy atom. The molecule has 0 spiro atoms. The van der Waals surface area contributed by atoms with Crippen molar-refractivity contribution >= 4 is 17.7 Å². The van der Waals surface area contributed by atoms with E-state index in [9.17, 15) is 13.6 Å². The molecule has 7 heteroatoms. The zero-order chi connectivity index (χ0) is 20.0. The molecule has 1 atom stereocenters. The monoisotopic (exact) mass is 374 g/mol. The van der Waals surface area contributed by atoms with Crippen molar-refractivity contribution in [2.24, 2.45) is 10.7 Å². The molecule has 0 aliphatic carbocycles. The smallest absolute Gasteiger partial charge is 0.236 e. The molecule has 1 heterocycles. The first-order chi connectivity index (χ1) is 12.8. The molecule has 27 heavy (non-hydrogen) atoms. The van der Waals surface area contributed by atoms with Gasteiger partial charge in [0.15, 0.2) is 11.6 Å². The Bertz CT molecular complexity index is 838. The number of carbonyl (C=O) groups is 1. The van der Waals surface area contributed by atoms with Crippen LogP contribution in [0.4, 0.5) is 8.78 Å². The van der Waals surface area contributed by atoms with E-state index in [2.05, 4.69) is 4.99 Å². The second kappa shape index (κ2) is 9.23. The summed E-state index contributed by atoms with van der Waals surface area (Å²) in [5, 5.41) is 0. The number of nitrogens with zero attached hydrogens (tertiary/aromatic N) is 3. The Morgan fingerprint density at radius 3 is 2.59 bits per heavy atom. The highest BCUT2D eigenvalue weighted by atomic mass is 19.2. The quantitative estimate of drug-likeness (QED) is 0.755. The summed E-state index contributed by atoms with van der Waals surface area (Å²) in [6, 6.07) is 7.75. The highest BCUT2D eigenvalue weighted by Crippen LogP contribution is 2.18. The highest BCUT2D eigenvalue weighted by molar-refractivity contribution is 6.09. The van der Waals surface area contributed by atoms with Crippen LogP contribution in [0.15, 0.2) is 47.7 Å². The van der Waals surface area contributed by atoms with E-state index < -0.39 is 17.8 Å². The molecule has 2 aromatic rings. The molecule has 0 saturated heterocycles. The fourth-order valence-corrected chi connectivity index (χ4v) is 2.59. The van der Waals surface area contributed by atoms with Crippen LogP contribution < -0.4 is 5.73 Å². The molecule has 2 rings (SSSR count). The SMILES string of the molecule is C/C=C(\C=NC(C)n1cc(F)c(F)c1)c1cccc(CN(C)C(=O)CN)c1. The zero-order valence-corrected chi connectivity index (χ0v) is 15.7. The van der Waals surface area contributed by atoms with Crippen LogP contribution in [0.3, 0.4) is 0 Å². The summed E-state index contributed by atoms with van der Waals surface area (Å²) in [5.41, 5.74) is 8.15. The van der Waals surface area contributed by atoms with E-state index in [1.165, 1.54) is 4.57 Å². The number of nitrogens with two attached hydrogens (primary N) is 1. The molecule has 0 fully saturated rings. The van der Waals surface area contributed by atoms with Crippen LogP contribution in [0.25, 0.3) is 5.57 Å². The number of aliphatic imine (C=N–C) groups is 1. The van der Waals surface area contributed by atoms with Gasteiger partial charge in [0.05, 0.1) is 6.54 Å². The third-order valence-corrected chi connectivity index (χ3v) is 4.21. The molecule has 0 aliphatic rings. The fourth-order valence-electron chi connectivity index (χ4n) is 2.59. The average molecular weight is 374 g/mol. The minimum absolute atomic E-state index is 0.0264. The van der Waals surface area contributed by atoms with Gasteiger partial charge in [0.1, 0.15) is 6.17 Å². The molecular weight excluding hydrogens is 350 g/mol. The van der Waals surface area contributed by atoms with Gasteiger partial charge in [-0.2, -0.15) is 0 Å². The lowest BCUT2D eigenvalue weighted by molar-refractivity contribution is -0.128. The average Bonchev–Trinajstić information content (AvgIpc) is 3.00. The van der Waals surface area contributed by atoms with Crippen LogP contribution in [-0.4, -0.2) is 35.2 Å². The van der Waals surface area contributed by atoms with Crippen molar-refractivity contribution in [3.63, 3.8) is 0 Å². The van der Waals surface area contributed by atoms with Crippen LogP contribution in [0, 0.1) is 11.6 Å². The van der Waals surface area contributed by atoms with Gasteiger partial charge in [-0.25, -0.2) is 8.78 Å². The molecule has 144 valence electrons. The summed E-state index contributed by atoms with van der Waals surface area (Å²) in [6.45, 7) is 4.06. The molecule has 0 saturated carbocycles. The van der Waals surface area contributed by atoms with Gasteiger partial charge >= 0.3 is 0 Å². The molecular formula is C20H24F2N4O. The minimum Gasteiger partial charge on any atom is -0.340 e. The number of hydrogen-bond donors (Lipinski definition) is 1. The molecule has 1 unspecified atom stereocenters. The van der Waals surface area contributed by atoms with Crippen molar-refractivity contribution in [2.45, 2.75) is 26.6 Å². The maximum atomic E-state index is 13.2. The Labute approximate surface area is 157 Å². The fraction of sp³-hybridized carbons (Fsp3) is 0.300. The van der Waals surface area contributed by atoms with Crippen molar-refractivity contribution in [1.82, 2.24) is 9.47 Å². The standard InChI is InChI=1S/C20H24F2N4O/c1-4-16(10-24-14(2)26-12-18(21)19(22)13-26)17-7-5-6-15(8-17)11-25(3)20(27)9-23/h4-8,10,12-14H,9,11,23H2,1-3H3/b16-4+,24-10?. The van der Waals surface area contributed by atoms with E-state index in [1.54, 1.807) is 25.1 Å². The van der Waals surface area contributed by atoms with Crippen LogP contribution in [-0.2, 0) is 11.3 Å². The minimum atomic E-state index is -0.896. The van der Waals surface area contributed by atoms with Crippen molar-refractivity contribution in [3.05, 3.63) is 65.5 Å². The topological polar surface area (TPSA) is 63.6 Å². The Kier molecular flexibility index (Phi) is 7.01. The Morgan fingerprint density at radius 1 is 1.33 bits per heavy atom. The van der Waals surface area contributed by atoms with Crippen molar-refractivity contribution < 1.29 is 13.6 Å². The van der Waals surface area contributed by atoms with Crippen LogP contribution in [0.2, 0.25) is 0 Å². The zero-order valence-electron chi connectivity index (χ0n) is 15.7. The number of hydrogen-bond acceptors (Lipinski definition) is 3. The summed E-state index contributed by atoms with van der Waals surface area (Å²) in [4.78, 5) is 17.6. The number of halogens is 2. The Balaban J connectivity index is 2.15. The first-order valence-electron chi connectivity index (χ1n) is 8.61. The number of allylic oxidation sites excluding steroid dienone is 2. The van der Waals surface area contributed by atoms with Gasteiger partial charge in [-0.05, 0) is 36.6 Å². The highest BCUT2D eigenvalue weighted by Gasteiger charge is 2.10. The first-order valence-corrected chi connectivity index (χ1v) is 8.61. The number of aromatic nitrogens is 1. The van der Waals surface area contributed by atoms with Crippen LogP contribution in [0.5, 0.6) is 0 Å². The van der Waals surface area contributed by atoms with Gasteiger partial charge in [-0.15, -0.1) is 0 Å². The lowest BCUT2D eigenvalue weighted by Gasteiger charge is -2.17. The van der Waals surface area contributed by atoms with Gasteiger partial charge in [0, 0.05) is 32.2 Å². The van der Waals surface area contributed by atoms with E-state index in [1.807, 2.05) is 37.3 Å². The van der Waals surface area contributed by atoms with E-state index in [4.69, 9.17) is 5.73 Å². The summed E-state index contributed by atoms with van der Waals surface area (Å²) in [7, 11) is 1.71. The molecule has 0 radical (unpaired) electrons. The van der Waals surface area contributed by atoms with Gasteiger partial charge < -0.3 is 15.2 Å². The van der Waals surface area contributed by atoms with E-state index in [0.29, 0.717) is 6.54 Å². The lowest BCUT2D eigenvalue weighted by Crippen LogP contribution is -2.32. The number of amides is 1. The second-order valence-corrected chi connectivity index (χ2v) is 6.21. The summed E-state index contributed by atoms with van der Waals surface area (Å²) >= 11 is 0. The lowest BCUT2D eigenvalue weighted by atomic mass is 10.0. The molecule has 1 aromatic heterocycles. The molecule has 1 aromatic carbocycles. The maximum absolute atomic E-state index is 13.2. The van der Waals surface area contributed by atoms with Crippen LogP contribution >= 0.6 is 0 Å². The predicted octanol–water partition coefficient (Wildman–Crippen LogP) is 3.38. The van der Waals surface area contributed by atoms with Gasteiger partial charge in [0.2, 0.25) is 5.91 Å². The summed E-state index contributed by atoms with van der Waals surface area (Å²) < 4.78 is 27.7. The third-order valence-electron chi connectivity index (χ3n) is 4.21. The third kappa shape index (κ3) is 5.34. The maximum Gasteiger partial charge on any atom is 0.236 e. The van der Waals surface area contributed by atoms with E-state index >= 15 is 0 Å². The normalized spacial score (nSPS) is 13.2. The van der Waals surface area contributed by atoms with Gasteiger partial charge in [-0.3, -0.25) is 9.79 Å². The van der Waals surface area contributed by atoms with Gasteiger partial charge in [-0.1, -0.05) is 24.3 Å². The number of benzene rings is 1. The number of likely N-dealkylation sites (N-methyl/N-ethyl adjacent to an activating group) is 1. The van der Waals surface area contributed by atoms with E-state index in [0.717, 1.165) is 29.1 Å². The van der Waals surface area contributed by atoms with Gasteiger partial charge in [0.25, 0.3) is 0 Å². The molecule has 1 amide bonds. The molecule has 2 N–H and O–H groups in total. The van der Waals surface area contributed by atoms with Crippen molar-refractivity contribution in [2.75, 3.05) is 13.6 Å².